The number of aromatic hydroxyl groups is 1. The van der Waals surface area contributed by atoms with Gasteiger partial charge >= 0.3 is 6.09 Å². The number of rotatable bonds is 15. The lowest BCUT2D eigenvalue weighted by molar-refractivity contribution is 0.0527. The second kappa shape index (κ2) is 16.5. The smallest absolute Gasteiger partial charge is 0.407 e. The molecule has 9 heteroatoms. The molecule has 5 aromatic rings. The molecule has 258 valence electrons. The Bertz CT molecular complexity index is 1830. The number of nitrogens with one attached hydrogen (secondary N) is 1. The minimum Gasteiger partial charge on any atom is -0.493 e. The fourth-order valence-electron chi connectivity index (χ4n) is 5.62. The summed E-state index contributed by atoms with van der Waals surface area (Å²) in [4.78, 5) is 21.5. The molecule has 8 nitrogen and oxygen atoms in total. The van der Waals surface area contributed by atoms with Crippen LogP contribution in [0.1, 0.15) is 87.4 Å². The Morgan fingerprint density at radius 3 is 2.27 bits per heavy atom. The molecule has 0 radical (unpaired) electrons. The van der Waals surface area contributed by atoms with Gasteiger partial charge in [0, 0.05) is 31.1 Å². The fourth-order valence-corrected chi connectivity index (χ4v) is 5.62. The van der Waals surface area contributed by atoms with Crippen molar-refractivity contribution >= 4 is 11.7 Å². The van der Waals surface area contributed by atoms with Crippen LogP contribution in [0.25, 0.3) is 16.9 Å². The zero-order valence-electron chi connectivity index (χ0n) is 29.0. The van der Waals surface area contributed by atoms with E-state index in [2.05, 4.69) is 5.32 Å². The summed E-state index contributed by atoms with van der Waals surface area (Å²) in [7, 11) is 0. The van der Waals surface area contributed by atoms with Crippen LogP contribution in [0, 0.1) is 12.7 Å². The van der Waals surface area contributed by atoms with Gasteiger partial charge in [0.15, 0.2) is 17.2 Å². The Balaban J connectivity index is 1.15. The summed E-state index contributed by atoms with van der Waals surface area (Å²) in [5, 5.41) is 14.1. The number of amides is 1. The maximum atomic E-state index is 15.1. The Hall–Kier alpha value is -4.92. The molecular weight excluding hydrogens is 619 g/mol. The van der Waals surface area contributed by atoms with Gasteiger partial charge in [-0.15, -0.1) is 0 Å². The van der Waals surface area contributed by atoms with Crippen LogP contribution < -0.4 is 10.1 Å². The predicted molar refractivity (Wildman–Crippen MR) is 191 cm³/mol. The van der Waals surface area contributed by atoms with E-state index < -0.39 is 11.4 Å². The van der Waals surface area contributed by atoms with Crippen LogP contribution in [0.3, 0.4) is 0 Å². The third kappa shape index (κ3) is 10.3. The van der Waals surface area contributed by atoms with Gasteiger partial charge in [-0.3, -0.25) is 4.40 Å². The average molecular weight is 667 g/mol. The Labute approximate surface area is 288 Å². The zero-order chi connectivity index (χ0) is 34.8. The van der Waals surface area contributed by atoms with Crippen LogP contribution in [0.4, 0.5) is 9.18 Å². The van der Waals surface area contributed by atoms with Crippen LogP contribution in [-0.2, 0) is 17.6 Å². The second-order valence-electron chi connectivity index (χ2n) is 13.5. The van der Waals surface area contributed by atoms with Gasteiger partial charge in [0.05, 0.1) is 18.0 Å². The molecule has 1 amide bonds. The van der Waals surface area contributed by atoms with E-state index in [0.717, 1.165) is 66.6 Å². The number of hydrogen-bond donors (Lipinski definition) is 2. The molecule has 0 aliphatic rings. The van der Waals surface area contributed by atoms with E-state index in [1.807, 2.05) is 94.6 Å². The summed E-state index contributed by atoms with van der Waals surface area (Å²) < 4.78 is 27.7. The van der Waals surface area contributed by atoms with Crippen molar-refractivity contribution in [1.82, 2.24) is 19.7 Å². The quantitative estimate of drug-likeness (QED) is 0.108. The maximum absolute atomic E-state index is 15.1. The Kier molecular flexibility index (Phi) is 11.9. The highest BCUT2D eigenvalue weighted by Gasteiger charge is 2.19. The number of fused-ring (bicyclic) bond motifs is 1. The van der Waals surface area contributed by atoms with Gasteiger partial charge in [-0.05, 0) is 63.8 Å². The Morgan fingerprint density at radius 2 is 1.55 bits per heavy atom. The highest BCUT2D eigenvalue weighted by atomic mass is 19.1. The maximum Gasteiger partial charge on any atom is 0.407 e. The van der Waals surface area contributed by atoms with E-state index in [4.69, 9.17) is 19.4 Å². The molecular formula is C40H47FN4O4. The lowest BCUT2D eigenvalue weighted by Gasteiger charge is -2.19. The van der Waals surface area contributed by atoms with Crippen molar-refractivity contribution in [3.63, 3.8) is 0 Å². The largest absolute Gasteiger partial charge is 0.493 e. The minimum atomic E-state index is -0.489. The third-order valence-electron chi connectivity index (χ3n) is 8.15. The van der Waals surface area contributed by atoms with Crippen LogP contribution >= 0.6 is 0 Å². The molecule has 0 spiro atoms. The lowest BCUT2D eigenvalue weighted by atomic mass is 10.1. The van der Waals surface area contributed by atoms with Gasteiger partial charge in [-0.25, -0.2) is 19.2 Å². The summed E-state index contributed by atoms with van der Waals surface area (Å²) in [6, 6.07) is 23.1. The second-order valence-corrected chi connectivity index (χ2v) is 13.5. The molecule has 3 aromatic carbocycles. The number of unbranched alkanes of at least 4 members (excludes halogenated alkanes) is 5. The highest BCUT2D eigenvalue weighted by Crippen LogP contribution is 2.29. The normalized spacial score (nSPS) is 11.5. The number of alkyl carbamates (subject to hydrolysis) is 1. The topological polar surface area (TPSA) is 98.0 Å². The van der Waals surface area contributed by atoms with Crippen molar-refractivity contribution < 1.29 is 23.8 Å². The SMILES string of the molecule is Cc1ccc(-c2cn3c(O)c(Cc4ccc(OCCCCCCCCNC(=O)OC(C)(C)C)c(F)c4)nc3c(Cc3ccccc3)n2)cc1. The fraction of sp³-hybridized carbons (Fsp3) is 0.375. The van der Waals surface area contributed by atoms with E-state index in [-0.39, 0.29) is 24.1 Å². The number of benzene rings is 3. The first-order chi connectivity index (χ1) is 23.6. The standard InChI is InChI=1S/C40H47FN4O4/c1-28-16-19-31(20-17-28)35-27-45-37(33(43-35)25-29-14-10-9-11-15-29)44-34(38(45)46)26-30-18-21-36(32(41)24-30)48-23-13-8-6-5-7-12-22-42-39(47)49-40(2,3)4/h9-11,14-21,24,27,46H,5-8,12-13,22-23,25-26H2,1-4H3,(H,42,47). The van der Waals surface area contributed by atoms with E-state index >= 15 is 4.39 Å². The summed E-state index contributed by atoms with van der Waals surface area (Å²) in [5.74, 6) is -0.209. The van der Waals surface area contributed by atoms with E-state index in [1.54, 1.807) is 10.5 Å². The van der Waals surface area contributed by atoms with Crippen molar-refractivity contribution in [3.05, 3.63) is 113 Å². The molecule has 0 saturated carbocycles. The first-order valence-corrected chi connectivity index (χ1v) is 17.1. The van der Waals surface area contributed by atoms with Crippen molar-refractivity contribution in [3.8, 4) is 22.9 Å². The van der Waals surface area contributed by atoms with Gasteiger partial charge in [-0.2, -0.15) is 0 Å². The van der Waals surface area contributed by atoms with E-state index in [1.165, 1.54) is 6.07 Å². The number of imidazole rings is 1. The van der Waals surface area contributed by atoms with E-state index in [9.17, 15) is 9.90 Å². The number of carbonyl (C=O) groups is 1. The van der Waals surface area contributed by atoms with Gasteiger partial charge in [0.1, 0.15) is 11.3 Å². The van der Waals surface area contributed by atoms with Gasteiger partial charge in [0.25, 0.3) is 0 Å². The molecule has 2 N–H and O–H groups in total. The van der Waals surface area contributed by atoms with Gasteiger partial charge < -0.3 is 19.9 Å². The van der Waals surface area contributed by atoms with Crippen molar-refractivity contribution in [2.75, 3.05) is 13.2 Å². The van der Waals surface area contributed by atoms with Gasteiger partial charge in [0.2, 0.25) is 5.88 Å². The lowest BCUT2D eigenvalue weighted by Crippen LogP contribution is -2.32. The van der Waals surface area contributed by atoms with Crippen LogP contribution in [0.2, 0.25) is 0 Å². The van der Waals surface area contributed by atoms with Crippen LogP contribution in [0.15, 0.2) is 79.0 Å². The molecule has 0 saturated heterocycles. The highest BCUT2D eigenvalue weighted by molar-refractivity contribution is 5.67. The molecule has 0 unspecified atom stereocenters. The van der Waals surface area contributed by atoms with Crippen molar-refractivity contribution in [2.45, 2.75) is 84.7 Å². The zero-order valence-corrected chi connectivity index (χ0v) is 29.0. The summed E-state index contributed by atoms with van der Waals surface area (Å²) in [6.45, 7) is 8.61. The number of halogens is 1. The predicted octanol–water partition coefficient (Wildman–Crippen LogP) is 8.98. The number of ether oxygens (including phenoxy) is 2. The molecule has 0 aliphatic carbocycles. The number of nitrogens with zero attached hydrogens (tertiary/aromatic N) is 3. The number of hydrogen-bond acceptors (Lipinski definition) is 6. The first kappa shape index (κ1) is 35.4. The average Bonchev–Trinajstić information content (AvgIpc) is 3.37. The summed E-state index contributed by atoms with van der Waals surface area (Å²) >= 11 is 0. The van der Waals surface area contributed by atoms with Crippen LogP contribution in [-0.4, -0.2) is 44.3 Å². The molecule has 0 aliphatic heterocycles. The monoisotopic (exact) mass is 666 g/mol. The van der Waals surface area contributed by atoms with E-state index in [0.29, 0.717) is 36.5 Å². The molecule has 49 heavy (non-hydrogen) atoms. The molecule has 2 heterocycles. The minimum absolute atomic E-state index is 0.0140. The van der Waals surface area contributed by atoms with Gasteiger partial charge in [-0.1, -0.05) is 91.9 Å². The molecule has 2 aromatic heterocycles. The molecule has 5 rings (SSSR count). The summed E-state index contributed by atoms with van der Waals surface area (Å²) in [6.07, 6.45) is 8.08. The first-order valence-electron chi connectivity index (χ1n) is 17.1. The molecule has 0 fully saturated rings. The third-order valence-corrected chi connectivity index (χ3v) is 8.15. The Morgan fingerprint density at radius 1 is 0.857 bits per heavy atom. The molecule has 0 bridgehead atoms. The number of aromatic nitrogens is 3. The van der Waals surface area contributed by atoms with Crippen molar-refractivity contribution in [2.24, 2.45) is 0 Å². The van der Waals surface area contributed by atoms with Crippen molar-refractivity contribution in [1.29, 1.82) is 0 Å². The summed E-state index contributed by atoms with van der Waals surface area (Å²) in [5.41, 5.74) is 5.88. The molecule has 0 atom stereocenters. The number of carbonyl (C=O) groups excluding carboxylic acids is 1. The van der Waals surface area contributed by atoms with Crippen LogP contribution in [0.5, 0.6) is 11.6 Å². The number of aryl methyl sites for hydroxylation is 1.